The molecule has 0 bridgehead atoms. The molecule has 1 aromatic carbocycles. The standard InChI is InChI=1S/C11H14N6O.C6H4F2/c12-9-8(10(13)18)11-14-7(3-6-17(11)15-9)16-4-1-2-5-16;7-5-1-2-6(8)4-3-5/h3,6H,1-2,4-5H2,(H2,12,15)(H2,13,18);1-4H. The Bertz CT molecular complexity index is 898. The molecule has 4 rings (SSSR count). The largest absolute Gasteiger partial charge is 0.381 e. The van der Waals surface area contributed by atoms with Gasteiger partial charge in [-0.05, 0) is 43.2 Å². The number of nitrogens with zero attached hydrogens (tertiary/aromatic N) is 4. The lowest BCUT2D eigenvalue weighted by atomic mass is 10.3. The van der Waals surface area contributed by atoms with E-state index in [1.165, 1.54) is 4.52 Å². The van der Waals surface area contributed by atoms with Gasteiger partial charge >= 0.3 is 0 Å². The second-order valence-electron chi connectivity index (χ2n) is 5.81. The van der Waals surface area contributed by atoms with Crippen molar-refractivity contribution >= 4 is 23.2 Å². The number of anilines is 2. The van der Waals surface area contributed by atoms with Crippen LogP contribution in [0, 0.1) is 11.6 Å². The summed E-state index contributed by atoms with van der Waals surface area (Å²) in [6.45, 7) is 1.97. The fourth-order valence-electron chi connectivity index (χ4n) is 2.72. The number of carbonyl (C=O) groups excluding carboxylic acids is 1. The number of nitrogens with two attached hydrogens (primary N) is 2. The molecule has 0 unspecified atom stereocenters. The molecule has 7 nitrogen and oxygen atoms in total. The van der Waals surface area contributed by atoms with E-state index in [4.69, 9.17) is 11.5 Å². The molecular formula is C17H18F2N6O. The van der Waals surface area contributed by atoms with Gasteiger partial charge in [0, 0.05) is 19.3 Å². The smallest absolute Gasteiger partial charge is 0.256 e. The molecule has 0 radical (unpaired) electrons. The molecule has 3 aromatic rings. The summed E-state index contributed by atoms with van der Waals surface area (Å²) >= 11 is 0. The third-order valence-corrected chi connectivity index (χ3v) is 3.98. The zero-order valence-corrected chi connectivity index (χ0v) is 13.9. The Hall–Kier alpha value is -3.23. The second-order valence-corrected chi connectivity index (χ2v) is 5.81. The topological polar surface area (TPSA) is 103 Å². The van der Waals surface area contributed by atoms with Gasteiger partial charge < -0.3 is 16.4 Å². The highest BCUT2D eigenvalue weighted by molar-refractivity contribution is 6.03. The van der Waals surface area contributed by atoms with Crippen LogP contribution in [0.3, 0.4) is 0 Å². The molecule has 1 saturated heterocycles. The number of nitrogen functional groups attached to an aromatic ring is 1. The number of primary amides is 1. The predicted octanol–water partition coefficient (Wildman–Crippen LogP) is 1.98. The molecule has 1 amide bonds. The van der Waals surface area contributed by atoms with Crippen molar-refractivity contribution in [3.05, 3.63) is 53.7 Å². The summed E-state index contributed by atoms with van der Waals surface area (Å²) in [6, 6.07) is 6.19. The van der Waals surface area contributed by atoms with Crippen LogP contribution in [-0.4, -0.2) is 33.6 Å². The Morgan fingerprint density at radius 3 is 2.15 bits per heavy atom. The Morgan fingerprint density at radius 2 is 1.62 bits per heavy atom. The third kappa shape index (κ3) is 3.71. The van der Waals surface area contributed by atoms with Gasteiger partial charge in [-0.1, -0.05) is 0 Å². The summed E-state index contributed by atoms with van der Waals surface area (Å²) in [6.07, 6.45) is 4.08. The molecule has 0 spiro atoms. The first-order valence-corrected chi connectivity index (χ1v) is 8.06. The number of carbonyl (C=O) groups is 1. The van der Waals surface area contributed by atoms with Crippen LogP contribution in [0.1, 0.15) is 23.2 Å². The van der Waals surface area contributed by atoms with Crippen LogP contribution >= 0.6 is 0 Å². The first-order chi connectivity index (χ1) is 12.5. The van der Waals surface area contributed by atoms with Crippen molar-refractivity contribution in [1.29, 1.82) is 0 Å². The van der Waals surface area contributed by atoms with Crippen molar-refractivity contribution in [2.75, 3.05) is 23.7 Å². The molecule has 136 valence electrons. The van der Waals surface area contributed by atoms with Gasteiger partial charge in [0.25, 0.3) is 5.91 Å². The van der Waals surface area contributed by atoms with Crippen LogP contribution in [-0.2, 0) is 0 Å². The van der Waals surface area contributed by atoms with Crippen LogP contribution < -0.4 is 16.4 Å². The zero-order valence-electron chi connectivity index (χ0n) is 13.9. The van der Waals surface area contributed by atoms with Gasteiger partial charge in [0.2, 0.25) is 0 Å². The number of benzene rings is 1. The summed E-state index contributed by atoms with van der Waals surface area (Å²) in [7, 11) is 0. The van der Waals surface area contributed by atoms with E-state index in [1.54, 1.807) is 6.20 Å². The van der Waals surface area contributed by atoms with Gasteiger partial charge in [0.05, 0.1) is 0 Å². The lowest BCUT2D eigenvalue weighted by Crippen LogP contribution is -2.19. The van der Waals surface area contributed by atoms with Crippen molar-refractivity contribution in [3.63, 3.8) is 0 Å². The average molecular weight is 360 g/mol. The molecule has 9 heteroatoms. The third-order valence-electron chi connectivity index (χ3n) is 3.98. The van der Waals surface area contributed by atoms with Crippen molar-refractivity contribution < 1.29 is 13.6 Å². The number of fused-ring (bicyclic) bond motifs is 1. The highest BCUT2D eigenvalue weighted by atomic mass is 19.1. The van der Waals surface area contributed by atoms with Gasteiger partial charge in [0.1, 0.15) is 23.0 Å². The number of hydrogen-bond acceptors (Lipinski definition) is 5. The lowest BCUT2D eigenvalue weighted by molar-refractivity contribution is 0.100. The summed E-state index contributed by atoms with van der Waals surface area (Å²) < 4.78 is 25.3. The zero-order chi connectivity index (χ0) is 18.7. The summed E-state index contributed by atoms with van der Waals surface area (Å²) in [5, 5.41) is 4.01. The average Bonchev–Trinajstić information content (AvgIpc) is 3.24. The van der Waals surface area contributed by atoms with E-state index < -0.39 is 17.5 Å². The molecule has 1 aliphatic heterocycles. The number of amides is 1. The van der Waals surface area contributed by atoms with E-state index in [1.807, 2.05) is 6.07 Å². The van der Waals surface area contributed by atoms with E-state index in [-0.39, 0.29) is 11.4 Å². The summed E-state index contributed by atoms with van der Waals surface area (Å²) in [5.41, 5.74) is 11.6. The molecular weight excluding hydrogens is 342 g/mol. The minimum Gasteiger partial charge on any atom is -0.381 e. The number of hydrogen-bond donors (Lipinski definition) is 2. The number of halogens is 2. The van der Waals surface area contributed by atoms with Gasteiger partial charge in [-0.2, -0.15) is 0 Å². The second kappa shape index (κ2) is 7.34. The maximum atomic E-state index is 11.9. The van der Waals surface area contributed by atoms with Crippen molar-refractivity contribution in [3.8, 4) is 0 Å². The summed E-state index contributed by atoms with van der Waals surface area (Å²) in [4.78, 5) is 18.0. The lowest BCUT2D eigenvalue weighted by Gasteiger charge is -2.15. The van der Waals surface area contributed by atoms with Crippen LogP contribution in [0.5, 0.6) is 0 Å². The first-order valence-electron chi connectivity index (χ1n) is 8.06. The van der Waals surface area contributed by atoms with Gasteiger partial charge in [-0.25, -0.2) is 18.3 Å². The highest BCUT2D eigenvalue weighted by Gasteiger charge is 2.19. The van der Waals surface area contributed by atoms with Crippen LogP contribution in [0.15, 0.2) is 36.5 Å². The maximum Gasteiger partial charge on any atom is 0.256 e. The molecule has 26 heavy (non-hydrogen) atoms. The van der Waals surface area contributed by atoms with Crippen molar-refractivity contribution in [1.82, 2.24) is 14.6 Å². The normalized spacial score (nSPS) is 13.5. The summed E-state index contributed by atoms with van der Waals surface area (Å²) in [5.74, 6) is -0.470. The molecule has 2 aromatic heterocycles. The SMILES string of the molecule is Fc1ccc(F)cc1.NC(=O)c1c(N)nn2ccc(N3CCCC3)nc12. The van der Waals surface area contributed by atoms with E-state index >= 15 is 0 Å². The van der Waals surface area contributed by atoms with Crippen LogP contribution in [0.25, 0.3) is 5.65 Å². The van der Waals surface area contributed by atoms with Crippen LogP contribution in [0.4, 0.5) is 20.4 Å². The fourth-order valence-corrected chi connectivity index (χ4v) is 2.72. The van der Waals surface area contributed by atoms with E-state index in [9.17, 15) is 13.6 Å². The quantitative estimate of drug-likeness (QED) is 0.727. The Kier molecular flexibility index (Phi) is 4.97. The number of aromatic nitrogens is 3. The van der Waals surface area contributed by atoms with Crippen molar-refractivity contribution in [2.45, 2.75) is 12.8 Å². The molecule has 1 fully saturated rings. The fraction of sp³-hybridized carbons (Fsp3) is 0.235. The maximum absolute atomic E-state index is 11.9. The minimum atomic E-state index is -0.603. The molecule has 4 N–H and O–H groups in total. The highest BCUT2D eigenvalue weighted by Crippen LogP contribution is 2.21. The minimum absolute atomic E-state index is 0.119. The first kappa shape index (κ1) is 17.6. The monoisotopic (exact) mass is 360 g/mol. The molecule has 0 aliphatic carbocycles. The molecule has 1 aliphatic rings. The van der Waals surface area contributed by atoms with Gasteiger partial charge in [-0.3, -0.25) is 4.79 Å². The molecule has 0 saturated carbocycles. The Labute approximate surface area is 148 Å². The molecule has 0 atom stereocenters. The van der Waals surface area contributed by atoms with E-state index in [0.29, 0.717) is 5.65 Å². The Morgan fingerprint density at radius 1 is 1.04 bits per heavy atom. The Balaban J connectivity index is 0.000000206. The van der Waals surface area contributed by atoms with Gasteiger partial charge in [-0.15, -0.1) is 5.10 Å². The number of rotatable bonds is 2. The van der Waals surface area contributed by atoms with Crippen LogP contribution in [0.2, 0.25) is 0 Å². The van der Waals surface area contributed by atoms with E-state index in [2.05, 4.69) is 15.0 Å². The van der Waals surface area contributed by atoms with Crippen molar-refractivity contribution in [2.24, 2.45) is 5.73 Å². The van der Waals surface area contributed by atoms with Gasteiger partial charge in [0.15, 0.2) is 11.5 Å². The van der Waals surface area contributed by atoms with E-state index in [0.717, 1.165) is 56.0 Å². The predicted molar refractivity (Wildman–Crippen MR) is 93.7 cm³/mol. The molecule has 3 heterocycles.